The lowest BCUT2D eigenvalue weighted by atomic mass is 9.85. The molecule has 22 heavy (non-hydrogen) atoms. The molecule has 3 aromatic carbocycles. The first kappa shape index (κ1) is 13.3. The van der Waals surface area contributed by atoms with Gasteiger partial charge in [-0.2, -0.15) is 0 Å². The van der Waals surface area contributed by atoms with Gasteiger partial charge in [0.2, 0.25) is 0 Å². The first-order valence-corrected chi connectivity index (χ1v) is 7.72. The van der Waals surface area contributed by atoms with Gasteiger partial charge in [-0.05, 0) is 40.3 Å². The van der Waals surface area contributed by atoms with Crippen molar-refractivity contribution in [3.8, 4) is 11.1 Å². The maximum absolute atomic E-state index is 10.2. The molecule has 0 bridgehead atoms. The van der Waals surface area contributed by atoms with Crippen LogP contribution in [-0.4, -0.2) is 5.11 Å². The van der Waals surface area contributed by atoms with Gasteiger partial charge in [0.25, 0.3) is 0 Å². The van der Waals surface area contributed by atoms with Crippen LogP contribution in [0.3, 0.4) is 0 Å². The smallest absolute Gasteiger partial charge is 0.0764 e. The van der Waals surface area contributed by atoms with Crippen molar-refractivity contribution in [2.24, 2.45) is 0 Å². The molecule has 4 rings (SSSR count). The van der Waals surface area contributed by atoms with Crippen LogP contribution in [0, 0.1) is 0 Å². The summed E-state index contributed by atoms with van der Waals surface area (Å²) in [6.45, 7) is 1.84. The van der Waals surface area contributed by atoms with Crippen LogP contribution in [0.5, 0.6) is 0 Å². The van der Waals surface area contributed by atoms with Crippen molar-refractivity contribution in [1.82, 2.24) is 0 Å². The van der Waals surface area contributed by atoms with Crippen LogP contribution in [-0.2, 0) is 0 Å². The zero-order valence-electron chi connectivity index (χ0n) is 12.5. The Kier molecular flexibility index (Phi) is 3.09. The van der Waals surface area contributed by atoms with Gasteiger partial charge < -0.3 is 5.11 Å². The molecule has 1 unspecified atom stereocenters. The maximum Gasteiger partial charge on any atom is 0.0764 e. The number of aliphatic hydroxyl groups is 1. The van der Waals surface area contributed by atoms with Crippen molar-refractivity contribution in [3.63, 3.8) is 0 Å². The minimum Gasteiger partial charge on any atom is -0.389 e. The van der Waals surface area contributed by atoms with Crippen molar-refractivity contribution in [3.05, 3.63) is 95.1 Å². The molecule has 1 aliphatic rings. The second-order valence-corrected chi connectivity index (χ2v) is 5.91. The van der Waals surface area contributed by atoms with Gasteiger partial charge >= 0.3 is 0 Å². The van der Waals surface area contributed by atoms with Gasteiger partial charge in [-0.3, -0.25) is 0 Å². The summed E-state index contributed by atoms with van der Waals surface area (Å²) in [7, 11) is 0. The molecule has 1 atom stereocenters. The zero-order chi connectivity index (χ0) is 15.1. The average molecular weight is 286 g/mol. The van der Waals surface area contributed by atoms with Crippen molar-refractivity contribution >= 4 is 0 Å². The van der Waals surface area contributed by atoms with Crippen molar-refractivity contribution < 1.29 is 5.11 Å². The fourth-order valence-corrected chi connectivity index (χ4v) is 3.64. The lowest BCUT2D eigenvalue weighted by molar-refractivity contribution is 0.198. The molecule has 0 aromatic heterocycles. The summed E-state index contributed by atoms with van der Waals surface area (Å²) < 4.78 is 0. The maximum atomic E-state index is 10.2. The van der Waals surface area contributed by atoms with Gasteiger partial charge in [0, 0.05) is 5.92 Å². The zero-order valence-corrected chi connectivity index (χ0v) is 12.5. The number of hydrogen-bond acceptors (Lipinski definition) is 1. The number of hydrogen-bond donors (Lipinski definition) is 1. The summed E-state index contributed by atoms with van der Waals surface area (Å²) in [6.07, 6.45) is -0.462. The fourth-order valence-electron chi connectivity index (χ4n) is 3.64. The molecule has 3 aromatic rings. The fraction of sp³-hybridized carbons (Fsp3) is 0.143. The standard InChI is InChI=1S/C21H18O/c1-14(22)15-8-2-5-11-18(15)21-19-12-6-3-9-16(19)17-10-4-7-13-20(17)21/h2-14,21-22H,1H3. The monoisotopic (exact) mass is 286 g/mol. The summed E-state index contributed by atoms with van der Waals surface area (Å²) in [5, 5.41) is 10.2. The first-order chi connectivity index (χ1) is 10.8. The predicted octanol–water partition coefficient (Wildman–Crippen LogP) is 4.90. The van der Waals surface area contributed by atoms with Crippen LogP contribution in [0.15, 0.2) is 72.8 Å². The molecule has 0 fully saturated rings. The Balaban J connectivity index is 2.00. The van der Waals surface area contributed by atoms with E-state index in [0.717, 1.165) is 5.56 Å². The molecule has 1 aliphatic carbocycles. The SMILES string of the molecule is CC(O)c1ccccc1C1c2ccccc2-c2ccccc21. The second kappa shape index (κ2) is 5.11. The lowest BCUT2D eigenvalue weighted by Gasteiger charge is -2.20. The van der Waals surface area contributed by atoms with Gasteiger partial charge in [0.05, 0.1) is 6.10 Å². The molecule has 0 radical (unpaired) electrons. The van der Waals surface area contributed by atoms with E-state index in [0.29, 0.717) is 0 Å². The Morgan fingerprint density at radius 3 is 1.68 bits per heavy atom. The van der Waals surface area contributed by atoms with E-state index in [1.807, 2.05) is 19.1 Å². The number of benzene rings is 3. The normalized spacial score (nSPS) is 14.5. The third kappa shape index (κ3) is 1.90. The minimum atomic E-state index is -0.462. The van der Waals surface area contributed by atoms with Gasteiger partial charge in [-0.25, -0.2) is 0 Å². The topological polar surface area (TPSA) is 20.2 Å². The Bertz CT molecular complexity index is 787. The Labute approximate surface area is 130 Å². The van der Waals surface area contributed by atoms with E-state index in [1.54, 1.807) is 0 Å². The summed E-state index contributed by atoms with van der Waals surface area (Å²) in [5.74, 6) is 0.207. The minimum absolute atomic E-state index is 0.207. The summed E-state index contributed by atoms with van der Waals surface area (Å²) in [4.78, 5) is 0. The molecule has 108 valence electrons. The lowest BCUT2D eigenvalue weighted by Crippen LogP contribution is -2.05. The summed E-state index contributed by atoms with van der Waals surface area (Å²) >= 11 is 0. The van der Waals surface area contributed by atoms with Gasteiger partial charge in [-0.1, -0.05) is 72.8 Å². The predicted molar refractivity (Wildman–Crippen MR) is 89.9 cm³/mol. The highest BCUT2D eigenvalue weighted by Crippen LogP contribution is 2.48. The Morgan fingerprint density at radius 2 is 1.14 bits per heavy atom. The summed E-state index contributed by atoms with van der Waals surface area (Å²) in [5.41, 5.74) is 7.49. The highest BCUT2D eigenvalue weighted by Gasteiger charge is 2.30. The van der Waals surface area contributed by atoms with E-state index in [1.165, 1.54) is 27.8 Å². The second-order valence-electron chi connectivity index (χ2n) is 5.91. The van der Waals surface area contributed by atoms with Crippen LogP contribution < -0.4 is 0 Å². The number of fused-ring (bicyclic) bond motifs is 3. The van der Waals surface area contributed by atoms with E-state index in [2.05, 4.69) is 60.7 Å². The van der Waals surface area contributed by atoms with Crippen molar-refractivity contribution in [2.45, 2.75) is 18.9 Å². The Morgan fingerprint density at radius 1 is 0.682 bits per heavy atom. The largest absolute Gasteiger partial charge is 0.389 e. The molecule has 0 aliphatic heterocycles. The quantitative estimate of drug-likeness (QED) is 0.555. The highest BCUT2D eigenvalue weighted by molar-refractivity contribution is 5.80. The average Bonchev–Trinajstić information content (AvgIpc) is 2.89. The van der Waals surface area contributed by atoms with E-state index in [9.17, 15) is 5.11 Å². The van der Waals surface area contributed by atoms with Crippen LogP contribution in [0.1, 0.15) is 41.2 Å². The van der Waals surface area contributed by atoms with Gasteiger partial charge in [0.15, 0.2) is 0 Å². The molecule has 0 saturated heterocycles. The summed E-state index contributed by atoms with van der Waals surface area (Å²) in [6, 6.07) is 25.4. The van der Waals surface area contributed by atoms with E-state index >= 15 is 0 Å². The Hall–Kier alpha value is -2.38. The molecule has 0 heterocycles. The van der Waals surface area contributed by atoms with Crippen molar-refractivity contribution in [1.29, 1.82) is 0 Å². The van der Waals surface area contributed by atoms with Crippen LogP contribution >= 0.6 is 0 Å². The molecule has 1 N–H and O–H groups in total. The third-order valence-electron chi connectivity index (χ3n) is 4.59. The molecule has 1 nitrogen and oxygen atoms in total. The van der Waals surface area contributed by atoms with Crippen LogP contribution in [0.4, 0.5) is 0 Å². The van der Waals surface area contributed by atoms with E-state index in [-0.39, 0.29) is 5.92 Å². The van der Waals surface area contributed by atoms with Gasteiger partial charge in [-0.15, -0.1) is 0 Å². The molecular formula is C21H18O. The number of aliphatic hydroxyl groups excluding tert-OH is 1. The molecule has 0 amide bonds. The van der Waals surface area contributed by atoms with E-state index < -0.39 is 6.10 Å². The van der Waals surface area contributed by atoms with E-state index in [4.69, 9.17) is 0 Å². The first-order valence-electron chi connectivity index (χ1n) is 7.72. The van der Waals surface area contributed by atoms with Crippen LogP contribution in [0.25, 0.3) is 11.1 Å². The number of rotatable bonds is 2. The van der Waals surface area contributed by atoms with Gasteiger partial charge in [0.1, 0.15) is 0 Å². The van der Waals surface area contributed by atoms with Crippen molar-refractivity contribution in [2.75, 3.05) is 0 Å². The highest BCUT2D eigenvalue weighted by atomic mass is 16.3. The molecular weight excluding hydrogens is 268 g/mol. The molecule has 0 saturated carbocycles. The molecule has 0 spiro atoms. The third-order valence-corrected chi connectivity index (χ3v) is 4.59. The van der Waals surface area contributed by atoms with Crippen LogP contribution in [0.2, 0.25) is 0 Å². The molecule has 1 heteroatoms.